The van der Waals surface area contributed by atoms with E-state index in [1.807, 2.05) is 13.8 Å². The number of rotatable bonds is 0. The fraction of sp³-hybridized carbons (Fsp3) is 0.533. The SMILES string of the molecule is CC1=CCC(=C(C)C)C(=O)C/C(C)=C/CC1. The Kier molecular flexibility index (Phi) is 4.72. The fourth-order valence-corrected chi connectivity index (χ4v) is 1.95. The third kappa shape index (κ3) is 3.80. The molecule has 0 saturated heterocycles. The highest BCUT2D eigenvalue weighted by Crippen LogP contribution is 2.20. The van der Waals surface area contributed by atoms with Gasteiger partial charge in [0, 0.05) is 6.42 Å². The minimum atomic E-state index is 0.291. The quantitative estimate of drug-likeness (QED) is 0.436. The molecule has 0 N–H and O–H groups in total. The lowest BCUT2D eigenvalue weighted by Crippen LogP contribution is -2.05. The molecule has 0 aromatic heterocycles. The third-order valence-electron chi connectivity index (χ3n) is 3.07. The van der Waals surface area contributed by atoms with Crippen LogP contribution in [0.4, 0.5) is 0 Å². The highest BCUT2D eigenvalue weighted by Gasteiger charge is 2.11. The van der Waals surface area contributed by atoms with Crippen LogP contribution in [0, 0.1) is 0 Å². The highest BCUT2D eigenvalue weighted by atomic mass is 16.1. The lowest BCUT2D eigenvalue weighted by Gasteiger charge is -2.10. The van der Waals surface area contributed by atoms with Crippen molar-refractivity contribution in [3.63, 3.8) is 0 Å². The van der Waals surface area contributed by atoms with E-state index in [2.05, 4.69) is 26.0 Å². The monoisotopic (exact) mass is 218 g/mol. The van der Waals surface area contributed by atoms with Crippen LogP contribution in [0.3, 0.4) is 0 Å². The molecule has 0 aromatic carbocycles. The van der Waals surface area contributed by atoms with E-state index in [0.29, 0.717) is 12.2 Å². The molecule has 0 fully saturated rings. The van der Waals surface area contributed by atoms with Gasteiger partial charge in [-0.3, -0.25) is 4.79 Å². The van der Waals surface area contributed by atoms with Crippen molar-refractivity contribution in [2.45, 2.75) is 53.4 Å². The van der Waals surface area contributed by atoms with E-state index in [0.717, 1.165) is 30.4 Å². The normalized spacial score (nSPS) is 22.2. The minimum Gasteiger partial charge on any atom is -0.294 e. The van der Waals surface area contributed by atoms with Crippen molar-refractivity contribution in [2.24, 2.45) is 0 Å². The van der Waals surface area contributed by atoms with Gasteiger partial charge in [-0.2, -0.15) is 0 Å². The van der Waals surface area contributed by atoms with Gasteiger partial charge in [-0.15, -0.1) is 0 Å². The zero-order valence-electron chi connectivity index (χ0n) is 10.9. The largest absolute Gasteiger partial charge is 0.294 e. The summed E-state index contributed by atoms with van der Waals surface area (Å²) in [6.07, 6.45) is 7.97. The summed E-state index contributed by atoms with van der Waals surface area (Å²) in [6.45, 7) is 8.27. The summed E-state index contributed by atoms with van der Waals surface area (Å²) in [5.74, 6) is 0.291. The summed E-state index contributed by atoms with van der Waals surface area (Å²) in [5, 5.41) is 0. The van der Waals surface area contributed by atoms with Crippen LogP contribution >= 0.6 is 0 Å². The van der Waals surface area contributed by atoms with E-state index in [4.69, 9.17) is 0 Å². The van der Waals surface area contributed by atoms with Crippen molar-refractivity contribution in [1.82, 2.24) is 0 Å². The van der Waals surface area contributed by atoms with E-state index in [1.165, 1.54) is 11.1 Å². The van der Waals surface area contributed by atoms with Gasteiger partial charge in [0.25, 0.3) is 0 Å². The molecule has 1 nitrogen and oxygen atoms in total. The second kappa shape index (κ2) is 5.83. The Morgan fingerprint density at radius 1 is 1.12 bits per heavy atom. The van der Waals surface area contributed by atoms with E-state index >= 15 is 0 Å². The molecule has 1 aliphatic carbocycles. The number of ketones is 1. The summed E-state index contributed by atoms with van der Waals surface area (Å²) >= 11 is 0. The highest BCUT2D eigenvalue weighted by molar-refractivity contribution is 5.97. The number of allylic oxidation sites excluding steroid dienone is 6. The van der Waals surface area contributed by atoms with Gasteiger partial charge in [0.05, 0.1) is 0 Å². The molecule has 0 bridgehead atoms. The van der Waals surface area contributed by atoms with E-state index in [-0.39, 0.29) is 0 Å². The molecule has 0 amide bonds. The Morgan fingerprint density at radius 3 is 2.44 bits per heavy atom. The lowest BCUT2D eigenvalue weighted by atomic mass is 9.94. The molecule has 0 aliphatic heterocycles. The fourth-order valence-electron chi connectivity index (χ4n) is 1.95. The first-order valence-electron chi connectivity index (χ1n) is 6.01. The second-order valence-corrected chi connectivity index (χ2v) is 4.92. The van der Waals surface area contributed by atoms with Gasteiger partial charge in [0.1, 0.15) is 0 Å². The Hall–Kier alpha value is -1.11. The van der Waals surface area contributed by atoms with Crippen molar-refractivity contribution >= 4 is 5.78 Å². The predicted molar refractivity (Wildman–Crippen MR) is 69.4 cm³/mol. The maximum absolute atomic E-state index is 12.1. The lowest BCUT2D eigenvalue weighted by molar-refractivity contribution is -0.115. The van der Waals surface area contributed by atoms with Gasteiger partial charge in [0.15, 0.2) is 5.78 Å². The maximum atomic E-state index is 12.1. The Bertz CT molecular complexity index is 363. The minimum absolute atomic E-state index is 0.291. The molecule has 0 saturated carbocycles. The van der Waals surface area contributed by atoms with Crippen LogP contribution in [0.1, 0.15) is 53.4 Å². The molecule has 0 spiro atoms. The summed E-state index contributed by atoms with van der Waals surface area (Å²) in [7, 11) is 0. The number of hydrogen-bond acceptors (Lipinski definition) is 1. The first kappa shape index (κ1) is 13.0. The van der Waals surface area contributed by atoms with Gasteiger partial charge in [-0.25, -0.2) is 0 Å². The Labute approximate surface area is 98.9 Å². The molecule has 1 heteroatoms. The number of Topliss-reactive ketones (excluding diaryl/α,β-unsaturated/α-hetero) is 1. The molecule has 16 heavy (non-hydrogen) atoms. The van der Waals surface area contributed by atoms with Gasteiger partial charge >= 0.3 is 0 Å². The molecule has 1 rings (SSSR count). The third-order valence-corrected chi connectivity index (χ3v) is 3.07. The molecule has 0 radical (unpaired) electrons. The van der Waals surface area contributed by atoms with Crippen LogP contribution in [-0.4, -0.2) is 5.78 Å². The molecule has 0 heterocycles. The van der Waals surface area contributed by atoms with Crippen molar-refractivity contribution in [1.29, 1.82) is 0 Å². The van der Waals surface area contributed by atoms with E-state index in [9.17, 15) is 4.79 Å². The van der Waals surface area contributed by atoms with Crippen LogP contribution in [0.15, 0.2) is 34.4 Å². The standard InChI is InChI=1S/C15H22O/c1-11(2)14-9-8-12(3)6-5-7-13(4)10-15(14)16/h7-8H,5-6,9-10H2,1-4H3/b12-8?,13-7+. The zero-order chi connectivity index (χ0) is 12.1. The average molecular weight is 218 g/mol. The van der Waals surface area contributed by atoms with Crippen molar-refractivity contribution in [3.05, 3.63) is 34.4 Å². The molecule has 0 aromatic rings. The first-order chi connectivity index (χ1) is 7.50. The molecular formula is C15H22O. The molecule has 0 unspecified atom stereocenters. The van der Waals surface area contributed by atoms with E-state index in [1.54, 1.807) is 0 Å². The van der Waals surface area contributed by atoms with E-state index < -0.39 is 0 Å². The van der Waals surface area contributed by atoms with Crippen LogP contribution < -0.4 is 0 Å². The van der Waals surface area contributed by atoms with Crippen molar-refractivity contribution < 1.29 is 4.79 Å². The van der Waals surface area contributed by atoms with Crippen LogP contribution in [0.2, 0.25) is 0 Å². The maximum Gasteiger partial charge on any atom is 0.163 e. The molecule has 88 valence electrons. The summed E-state index contributed by atoms with van der Waals surface area (Å²) in [5.41, 5.74) is 4.74. The average Bonchev–Trinajstić information content (AvgIpc) is 2.16. The van der Waals surface area contributed by atoms with Crippen LogP contribution in [-0.2, 0) is 4.79 Å². The number of carbonyl (C=O) groups is 1. The zero-order valence-corrected chi connectivity index (χ0v) is 10.9. The number of carbonyl (C=O) groups excluding carboxylic acids is 1. The Morgan fingerprint density at radius 2 is 1.81 bits per heavy atom. The van der Waals surface area contributed by atoms with Crippen molar-refractivity contribution in [3.8, 4) is 0 Å². The molecule has 0 atom stereocenters. The smallest absolute Gasteiger partial charge is 0.163 e. The first-order valence-corrected chi connectivity index (χ1v) is 6.01. The van der Waals surface area contributed by atoms with Crippen molar-refractivity contribution in [2.75, 3.05) is 0 Å². The summed E-state index contributed by atoms with van der Waals surface area (Å²) < 4.78 is 0. The van der Waals surface area contributed by atoms with Gasteiger partial charge < -0.3 is 0 Å². The predicted octanol–water partition coefficient (Wildman–Crippen LogP) is 4.36. The second-order valence-electron chi connectivity index (χ2n) is 4.92. The van der Waals surface area contributed by atoms with Gasteiger partial charge in [-0.05, 0) is 52.5 Å². The molecular weight excluding hydrogens is 196 g/mol. The Balaban J connectivity index is 2.99. The van der Waals surface area contributed by atoms with Crippen LogP contribution in [0.25, 0.3) is 0 Å². The molecule has 1 aliphatic rings. The number of hydrogen-bond donors (Lipinski definition) is 0. The van der Waals surface area contributed by atoms with Gasteiger partial charge in [0.2, 0.25) is 0 Å². The van der Waals surface area contributed by atoms with Gasteiger partial charge in [-0.1, -0.05) is 28.9 Å². The summed E-state index contributed by atoms with van der Waals surface area (Å²) in [6, 6.07) is 0. The summed E-state index contributed by atoms with van der Waals surface area (Å²) in [4.78, 5) is 12.1. The topological polar surface area (TPSA) is 17.1 Å². The van der Waals surface area contributed by atoms with Crippen LogP contribution in [0.5, 0.6) is 0 Å².